The summed E-state index contributed by atoms with van der Waals surface area (Å²) in [6.45, 7) is -0.339. The van der Waals surface area contributed by atoms with Gasteiger partial charge in [0, 0.05) is 6.54 Å². The lowest BCUT2D eigenvalue weighted by Crippen LogP contribution is -2.27. The standard InChI is InChI=1S/C7H6F3NO/c8-7(9,10)5-1-2-6(4-12)11-3-5/h1-2,4,11H,3H2. The molecule has 66 valence electrons. The Bertz CT molecular complexity index is 252. The molecule has 0 aromatic rings. The highest BCUT2D eigenvalue weighted by Gasteiger charge is 2.33. The first-order valence-electron chi connectivity index (χ1n) is 3.21. The maximum Gasteiger partial charge on any atom is 0.414 e. The van der Waals surface area contributed by atoms with Crippen molar-refractivity contribution in [1.82, 2.24) is 5.32 Å². The van der Waals surface area contributed by atoms with Crippen LogP contribution in [0.15, 0.2) is 23.4 Å². The Morgan fingerprint density at radius 2 is 2.08 bits per heavy atom. The number of rotatable bonds is 1. The van der Waals surface area contributed by atoms with Crippen molar-refractivity contribution in [2.75, 3.05) is 6.54 Å². The van der Waals surface area contributed by atoms with Crippen LogP contribution in [-0.4, -0.2) is 19.0 Å². The summed E-state index contributed by atoms with van der Waals surface area (Å²) in [6, 6.07) is 0. The maximum absolute atomic E-state index is 11.9. The van der Waals surface area contributed by atoms with Gasteiger partial charge in [0.2, 0.25) is 0 Å². The molecule has 0 amide bonds. The summed E-state index contributed by atoms with van der Waals surface area (Å²) in [5, 5.41) is 2.33. The third kappa shape index (κ3) is 1.87. The monoisotopic (exact) mass is 177 g/mol. The fraction of sp³-hybridized carbons (Fsp3) is 0.286. The first-order valence-corrected chi connectivity index (χ1v) is 3.21. The van der Waals surface area contributed by atoms with Crippen LogP contribution in [0.3, 0.4) is 0 Å². The fourth-order valence-electron chi connectivity index (χ4n) is 0.781. The lowest BCUT2D eigenvalue weighted by atomic mass is 10.1. The van der Waals surface area contributed by atoms with Crippen LogP contribution in [0, 0.1) is 0 Å². The summed E-state index contributed by atoms with van der Waals surface area (Å²) in [6.07, 6.45) is -1.82. The van der Waals surface area contributed by atoms with Gasteiger partial charge in [0.05, 0.1) is 11.3 Å². The van der Waals surface area contributed by atoms with Gasteiger partial charge in [-0.25, -0.2) is 0 Å². The SMILES string of the molecule is O=CC1=CC=C(C(F)(F)F)CN1. The molecule has 0 aromatic carbocycles. The Labute approximate surface area is 66.8 Å². The van der Waals surface area contributed by atoms with Gasteiger partial charge in [-0.05, 0) is 6.08 Å². The number of carbonyl (C=O) groups excluding carboxylic acids is 1. The summed E-state index contributed by atoms with van der Waals surface area (Å²) >= 11 is 0. The van der Waals surface area contributed by atoms with Crippen molar-refractivity contribution in [3.8, 4) is 0 Å². The van der Waals surface area contributed by atoms with Crippen molar-refractivity contribution in [2.24, 2.45) is 0 Å². The molecule has 1 aliphatic rings. The van der Waals surface area contributed by atoms with Crippen molar-refractivity contribution in [1.29, 1.82) is 0 Å². The van der Waals surface area contributed by atoms with Crippen molar-refractivity contribution in [2.45, 2.75) is 6.18 Å². The Balaban J connectivity index is 2.79. The zero-order chi connectivity index (χ0) is 9.19. The van der Waals surface area contributed by atoms with E-state index in [9.17, 15) is 18.0 Å². The number of hydrogen-bond donors (Lipinski definition) is 1. The van der Waals surface area contributed by atoms with Crippen molar-refractivity contribution < 1.29 is 18.0 Å². The molecule has 0 saturated carbocycles. The number of dihydropyridines is 1. The number of aldehydes is 1. The van der Waals surface area contributed by atoms with Gasteiger partial charge in [-0.1, -0.05) is 6.08 Å². The average molecular weight is 177 g/mol. The van der Waals surface area contributed by atoms with Gasteiger partial charge in [0.25, 0.3) is 0 Å². The quantitative estimate of drug-likeness (QED) is 0.609. The van der Waals surface area contributed by atoms with Crippen LogP contribution in [0.2, 0.25) is 0 Å². The molecule has 0 fully saturated rings. The summed E-state index contributed by atoms with van der Waals surface area (Å²) in [7, 11) is 0. The molecule has 1 aliphatic heterocycles. The Hall–Kier alpha value is -1.26. The molecule has 0 unspecified atom stereocenters. The van der Waals surface area contributed by atoms with Gasteiger partial charge in [0.1, 0.15) is 0 Å². The third-order valence-electron chi connectivity index (χ3n) is 1.44. The van der Waals surface area contributed by atoms with Crippen LogP contribution < -0.4 is 5.32 Å². The topological polar surface area (TPSA) is 29.1 Å². The summed E-state index contributed by atoms with van der Waals surface area (Å²) in [4.78, 5) is 10.1. The largest absolute Gasteiger partial charge is 0.414 e. The van der Waals surface area contributed by atoms with Gasteiger partial charge in [-0.15, -0.1) is 0 Å². The number of nitrogens with one attached hydrogen (secondary N) is 1. The average Bonchev–Trinajstić information content (AvgIpc) is 2.03. The first kappa shape index (κ1) is 8.83. The smallest absolute Gasteiger partial charge is 0.378 e. The van der Waals surface area contributed by atoms with E-state index in [0.717, 1.165) is 12.2 Å². The van der Waals surface area contributed by atoms with Gasteiger partial charge >= 0.3 is 6.18 Å². The molecule has 0 aliphatic carbocycles. The van der Waals surface area contributed by atoms with Gasteiger partial charge in [-0.3, -0.25) is 4.79 Å². The van der Waals surface area contributed by atoms with E-state index in [1.807, 2.05) is 0 Å². The summed E-state index contributed by atoms with van der Waals surface area (Å²) in [5.74, 6) is 0. The summed E-state index contributed by atoms with van der Waals surface area (Å²) in [5.41, 5.74) is -0.504. The van der Waals surface area contributed by atoms with Crippen LogP contribution in [-0.2, 0) is 4.79 Å². The second-order valence-electron chi connectivity index (χ2n) is 2.28. The van der Waals surface area contributed by atoms with Gasteiger partial charge in [-0.2, -0.15) is 13.2 Å². The second kappa shape index (κ2) is 3.00. The second-order valence-corrected chi connectivity index (χ2v) is 2.28. The predicted octanol–water partition coefficient (Wildman–Crippen LogP) is 1.16. The van der Waals surface area contributed by atoms with Crippen molar-refractivity contribution in [3.05, 3.63) is 23.4 Å². The van der Waals surface area contributed by atoms with E-state index < -0.39 is 11.7 Å². The fourth-order valence-corrected chi connectivity index (χ4v) is 0.781. The predicted molar refractivity (Wildman–Crippen MR) is 36.3 cm³/mol. The Morgan fingerprint density at radius 3 is 2.42 bits per heavy atom. The van der Waals surface area contributed by atoms with Gasteiger partial charge in [0.15, 0.2) is 6.29 Å². The molecule has 2 nitrogen and oxygen atoms in total. The van der Waals surface area contributed by atoms with Crippen molar-refractivity contribution in [3.63, 3.8) is 0 Å². The molecule has 1 N–H and O–H groups in total. The highest BCUT2D eigenvalue weighted by atomic mass is 19.4. The molecular weight excluding hydrogens is 171 g/mol. The van der Waals surface area contributed by atoms with E-state index in [1.54, 1.807) is 0 Å². The molecule has 0 atom stereocenters. The van der Waals surface area contributed by atoms with Crippen LogP contribution in [0.1, 0.15) is 0 Å². The van der Waals surface area contributed by atoms with Crippen LogP contribution in [0.4, 0.5) is 13.2 Å². The lowest BCUT2D eigenvalue weighted by Gasteiger charge is -2.15. The molecule has 0 aromatic heterocycles. The highest BCUT2D eigenvalue weighted by molar-refractivity contribution is 5.73. The van der Waals surface area contributed by atoms with E-state index in [4.69, 9.17) is 0 Å². The van der Waals surface area contributed by atoms with E-state index >= 15 is 0 Å². The molecule has 1 heterocycles. The number of hydrogen-bond acceptors (Lipinski definition) is 2. The summed E-state index contributed by atoms with van der Waals surface area (Å²) < 4.78 is 35.8. The minimum Gasteiger partial charge on any atom is -0.378 e. The number of alkyl halides is 3. The number of allylic oxidation sites excluding steroid dienone is 3. The van der Waals surface area contributed by atoms with Crippen LogP contribution >= 0.6 is 0 Å². The number of halogens is 3. The molecule has 5 heteroatoms. The van der Waals surface area contributed by atoms with E-state index in [-0.39, 0.29) is 12.2 Å². The maximum atomic E-state index is 11.9. The Kier molecular flexibility index (Phi) is 2.21. The zero-order valence-electron chi connectivity index (χ0n) is 5.98. The van der Waals surface area contributed by atoms with Crippen molar-refractivity contribution >= 4 is 6.29 Å². The third-order valence-corrected chi connectivity index (χ3v) is 1.44. The molecule has 0 radical (unpaired) electrons. The molecule has 0 saturated heterocycles. The molecule has 1 rings (SSSR count). The zero-order valence-corrected chi connectivity index (χ0v) is 5.98. The van der Waals surface area contributed by atoms with Crippen LogP contribution in [0.25, 0.3) is 0 Å². The van der Waals surface area contributed by atoms with E-state index in [0.29, 0.717) is 6.29 Å². The number of carbonyl (C=O) groups is 1. The minimum absolute atomic E-state index is 0.169. The minimum atomic E-state index is -4.31. The highest BCUT2D eigenvalue weighted by Crippen LogP contribution is 2.26. The molecular formula is C7H6F3NO. The Morgan fingerprint density at radius 1 is 1.42 bits per heavy atom. The normalized spacial score (nSPS) is 17.6. The van der Waals surface area contributed by atoms with Crippen LogP contribution in [0.5, 0.6) is 0 Å². The van der Waals surface area contributed by atoms with E-state index in [2.05, 4.69) is 5.32 Å². The molecule has 12 heavy (non-hydrogen) atoms. The molecule has 0 spiro atoms. The lowest BCUT2D eigenvalue weighted by molar-refractivity contribution is -0.105. The van der Waals surface area contributed by atoms with Gasteiger partial charge < -0.3 is 5.32 Å². The van der Waals surface area contributed by atoms with E-state index in [1.165, 1.54) is 0 Å². The first-order chi connectivity index (χ1) is 5.54. The molecule has 0 bridgehead atoms.